The fourth-order valence-electron chi connectivity index (χ4n) is 2.92. The largest absolute Gasteiger partial charge is 0.370 e. The van der Waals surface area contributed by atoms with Crippen molar-refractivity contribution < 1.29 is 4.74 Å². The highest BCUT2D eigenvalue weighted by molar-refractivity contribution is 5.26. The van der Waals surface area contributed by atoms with Gasteiger partial charge < -0.3 is 4.74 Å². The second-order valence-corrected chi connectivity index (χ2v) is 5.99. The van der Waals surface area contributed by atoms with Gasteiger partial charge in [0.15, 0.2) is 0 Å². The number of aromatic nitrogens is 3. The molecule has 2 aromatic carbocycles. The second-order valence-electron chi connectivity index (χ2n) is 5.99. The van der Waals surface area contributed by atoms with Gasteiger partial charge in [0.2, 0.25) is 0 Å². The van der Waals surface area contributed by atoms with Gasteiger partial charge in [0.1, 0.15) is 5.69 Å². The number of rotatable bonds is 6. The van der Waals surface area contributed by atoms with Gasteiger partial charge in [0.25, 0.3) is 0 Å². The number of ether oxygens (including phenoxy) is 1. The molecule has 1 saturated carbocycles. The van der Waals surface area contributed by atoms with Crippen molar-refractivity contribution in [2.75, 3.05) is 0 Å². The SMILES string of the molecule is c1ccc(COCc2cn([C@@H]3C[C@H]3c3ccccc3)nn2)cc1. The molecule has 1 heterocycles. The maximum atomic E-state index is 5.71. The first-order valence-electron chi connectivity index (χ1n) is 7.97. The van der Waals surface area contributed by atoms with Crippen molar-refractivity contribution in [2.45, 2.75) is 31.6 Å². The third-order valence-corrected chi connectivity index (χ3v) is 4.24. The Balaban J connectivity index is 1.32. The monoisotopic (exact) mass is 305 g/mol. The minimum absolute atomic E-state index is 0.438. The number of hydrogen-bond acceptors (Lipinski definition) is 3. The zero-order chi connectivity index (χ0) is 15.5. The van der Waals surface area contributed by atoms with Gasteiger partial charge in [-0.1, -0.05) is 65.9 Å². The highest BCUT2D eigenvalue weighted by Gasteiger charge is 2.40. The molecule has 4 nitrogen and oxygen atoms in total. The summed E-state index contributed by atoms with van der Waals surface area (Å²) in [6, 6.07) is 21.2. The van der Waals surface area contributed by atoms with Crippen molar-refractivity contribution in [1.82, 2.24) is 15.0 Å². The first-order chi connectivity index (χ1) is 11.4. The summed E-state index contributed by atoms with van der Waals surface area (Å²) in [5.41, 5.74) is 3.45. The van der Waals surface area contributed by atoms with Gasteiger partial charge in [-0.2, -0.15) is 0 Å². The van der Waals surface area contributed by atoms with Crippen LogP contribution in [-0.2, 0) is 18.0 Å². The molecule has 1 aliphatic carbocycles. The van der Waals surface area contributed by atoms with E-state index in [0.29, 0.717) is 25.2 Å². The van der Waals surface area contributed by atoms with Gasteiger partial charge in [0, 0.05) is 5.92 Å². The molecular formula is C19H19N3O. The summed E-state index contributed by atoms with van der Waals surface area (Å²) in [6.45, 7) is 1.10. The van der Waals surface area contributed by atoms with Crippen molar-refractivity contribution in [1.29, 1.82) is 0 Å². The third kappa shape index (κ3) is 3.32. The van der Waals surface area contributed by atoms with E-state index < -0.39 is 0 Å². The van der Waals surface area contributed by atoms with E-state index >= 15 is 0 Å². The third-order valence-electron chi connectivity index (χ3n) is 4.24. The van der Waals surface area contributed by atoms with Crippen LogP contribution < -0.4 is 0 Å². The lowest BCUT2D eigenvalue weighted by atomic mass is 10.1. The fourth-order valence-corrected chi connectivity index (χ4v) is 2.92. The quantitative estimate of drug-likeness (QED) is 0.697. The maximum Gasteiger partial charge on any atom is 0.108 e. The highest BCUT2D eigenvalue weighted by Crippen LogP contribution is 2.50. The first-order valence-corrected chi connectivity index (χ1v) is 7.97. The van der Waals surface area contributed by atoms with Crippen LogP contribution in [0.5, 0.6) is 0 Å². The zero-order valence-corrected chi connectivity index (χ0v) is 12.9. The Kier molecular flexibility index (Phi) is 3.90. The average Bonchev–Trinajstić information content (AvgIpc) is 3.28. The predicted molar refractivity (Wildman–Crippen MR) is 87.8 cm³/mol. The van der Waals surface area contributed by atoms with Crippen LogP contribution in [-0.4, -0.2) is 15.0 Å². The molecule has 0 amide bonds. The molecule has 23 heavy (non-hydrogen) atoms. The summed E-state index contributed by atoms with van der Waals surface area (Å²) in [5.74, 6) is 0.566. The number of nitrogens with zero attached hydrogens (tertiary/aromatic N) is 3. The van der Waals surface area contributed by atoms with Gasteiger partial charge in [-0.05, 0) is 17.5 Å². The number of benzene rings is 2. The van der Waals surface area contributed by atoms with Gasteiger partial charge in [-0.25, -0.2) is 4.68 Å². The minimum Gasteiger partial charge on any atom is -0.370 e. The van der Waals surface area contributed by atoms with E-state index in [4.69, 9.17) is 4.74 Å². The maximum absolute atomic E-state index is 5.71. The lowest BCUT2D eigenvalue weighted by molar-refractivity contribution is 0.104. The van der Waals surface area contributed by atoms with Crippen molar-refractivity contribution in [3.8, 4) is 0 Å². The van der Waals surface area contributed by atoms with Crippen LogP contribution >= 0.6 is 0 Å². The van der Waals surface area contributed by atoms with Crippen molar-refractivity contribution >= 4 is 0 Å². The standard InChI is InChI=1S/C19H19N3O/c1-3-7-15(8-4-1)13-23-14-17-12-22(21-20-17)19-11-18(19)16-9-5-2-6-10-16/h1-10,12,18-19H,11,13-14H2/t18-,19+/m0/s1. The smallest absolute Gasteiger partial charge is 0.108 e. The van der Waals surface area contributed by atoms with E-state index in [9.17, 15) is 0 Å². The molecule has 2 atom stereocenters. The molecule has 0 N–H and O–H groups in total. The summed E-state index contributed by atoms with van der Waals surface area (Å²) in [7, 11) is 0. The van der Waals surface area contributed by atoms with Crippen LogP contribution in [0.25, 0.3) is 0 Å². The average molecular weight is 305 g/mol. The molecule has 0 radical (unpaired) electrons. The molecular weight excluding hydrogens is 286 g/mol. The summed E-state index contributed by atoms with van der Waals surface area (Å²) in [4.78, 5) is 0. The molecule has 0 saturated heterocycles. The van der Waals surface area contributed by atoms with Gasteiger partial charge in [-0.15, -0.1) is 5.10 Å². The molecule has 0 aliphatic heterocycles. The Morgan fingerprint density at radius 3 is 2.48 bits per heavy atom. The summed E-state index contributed by atoms with van der Waals surface area (Å²) >= 11 is 0. The molecule has 0 unspecified atom stereocenters. The summed E-state index contributed by atoms with van der Waals surface area (Å²) < 4.78 is 7.70. The van der Waals surface area contributed by atoms with Gasteiger partial charge >= 0.3 is 0 Å². The van der Waals surface area contributed by atoms with E-state index in [2.05, 4.69) is 52.8 Å². The van der Waals surface area contributed by atoms with Crippen molar-refractivity contribution in [3.05, 3.63) is 83.7 Å². The minimum atomic E-state index is 0.438. The Labute approximate surface area is 135 Å². The van der Waals surface area contributed by atoms with Crippen LogP contribution in [0.3, 0.4) is 0 Å². The zero-order valence-electron chi connectivity index (χ0n) is 12.9. The first kappa shape index (κ1) is 14.2. The van der Waals surface area contributed by atoms with E-state index in [0.717, 1.165) is 12.1 Å². The number of hydrogen-bond donors (Lipinski definition) is 0. The topological polar surface area (TPSA) is 39.9 Å². The molecule has 1 aromatic heterocycles. The molecule has 4 heteroatoms. The predicted octanol–water partition coefficient (Wildman–Crippen LogP) is 3.72. The van der Waals surface area contributed by atoms with E-state index in [1.165, 1.54) is 11.1 Å². The fraction of sp³-hybridized carbons (Fsp3) is 0.263. The summed E-state index contributed by atoms with van der Waals surface area (Å²) in [6.07, 6.45) is 3.15. The summed E-state index contributed by atoms with van der Waals surface area (Å²) in [5, 5.41) is 8.49. The van der Waals surface area contributed by atoms with Crippen LogP contribution in [0, 0.1) is 0 Å². The lowest BCUT2D eigenvalue weighted by Gasteiger charge is -2.01. The van der Waals surface area contributed by atoms with Crippen LogP contribution in [0.1, 0.15) is 35.2 Å². The molecule has 1 aliphatic rings. The highest BCUT2D eigenvalue weighted by atomic mass is 16.5. The van der Waals surface area contributed by atoms with E-state index in [1.807, 2.05) is 29.1 Å². The van der Waals surface area contributed by atoms with Crippen LogP contribution in [0.2, 0.25) is 0 Å². The van der Waals surface area contributed by atoms with Crippen LogP contribution in [0.15, 0.2) is 66.9 Å². The van der Waals surface area contributed by atoms with Crippen molar-refractivity contribution in [2.24, 2.45) is 0 Å². The molecule has 0 spiro atoms. The van der Waals surface area contributed by atoms with Crippen molar-refractivity contribution in [3.63, 3.8) is 0 Å². The second kappa shape index (κ2) is 6.34. The molecule has 1 fully saturated rings. The Morgan fingerprint density at radius 2 is 1.70 bits per heavy atom. The molecule has 4 rings (SSSR count). The Morgan fingerprint density at radius 1 is 0.957 bits per heavy atom. The Bertz CT molecular complexity index is 755. The van der Waals surface area contributed by atoms with Gasteiger partial charge in [-0.3, -0.25) is 0 Å². The lowest BCUT2D eigenvalue weighted by Crippen LogP contribution is -1.97. The van der Waals surface area contributed by atoms with Gasteiger partial charge in [0.05, 0.1) is 25.5 Å². The Hall–Kier alpha value is -2.46. The molecule has 0 bridgehead atoms. The van der Waals surface area contributed by atoms with E-state index in [-0.39, 0.29) is 0 Å². The normalized spacial score (nSPS) is 19.7. The van der Waals surface area contributed by atoms with Crippen LogP contribution in [0.4, 0.5) is 0 Å². The molecule has 3 aromatic rings. The van der Waals surface area contributed by atoms with E-state index in [1.54, 1.807) is 0 Å². The molecule has 116 valence electrons.